The normalized spacial score (nSPS) is 20.2. The Morgan fingerprint density at radius 3 is 1.50 bits per heavy atom. The summed E-state index contributed by atoms with van der Waals surface area (Å²) in [5.41, 5.74) is 8.30. The van der Waals surface area contributed by atoms with E-state index in [0.717, 1.165) is 0 Å². The predicted molar refractivity (Wildman–Crippen MR) is 108 cm³/mol. The van der Waals surface area contributed by atoms with E-state index in [2.05, 4.69) is 67.5 Å². The molecule has 156 valence electrons. The molecule has 0 saturated heterocycles. The van der Waals surface area contributed by atoms with Crippen LogP contribution >= 0.6 is 0 Å². The summed E-state index contributed by atoms with van der Waals surface area (Å²) in [7, 11) is 0. The van der Waals surface area contributed by atoms with Crippen molar-refractivity contribution >= 4 is 0 Å². The van der Waals surface area contributed by atoms with Crippen LogP contribution in [0.15, 0.2) is 0 Å². The zero-order valence-electron chi connectivity index (χ0n) is 18.6. The zero-order valence-corrected chi connectivity index (χ0v) is 20.6. The van der Waals surface area contributed by atoms with Gasteiger partial charge in [-0.15, -0.1) is 0 Å². The fourth-order valence-electron chi connectivity index (χ4n) is 2.82. The van der Waals surface area contributed by atoms with Gasteiger partial charge in [-0.2, -0.15) is 0 Å². The van der Waals surface area contributed by atoms with Gasteiger partial charge < -0.3 is 0 Å². The average molecular weight is 449 g/mol. The second kappa shape index (κ2) is 10.7. The first-order chi connectivity index (χ1) is 11.6. The molecule has 0 spiro atoms. The Labute approximate surface area is 173 Å². The van der Waals surface area contributed by atoms with Crippen molar-refractivity contribution in [3.63, 3.8) is 0 Å². The SMILES string of the molecule is CC([N-]C(C)[N-]C(C)C([NH-])C(C)(C)C)[N-]C(C)[N-]C(C)[N+](=[Mo])C(C)(C)C. The van der Waals surface area contributed by atoms with Gasteiger partial charge in [0.2, 0.25) is 0 Å². The third-order valence-electron chi connectivity index (χ3n) is 4.16. The Kier molecular flexibility index (Phi) is 10.8. The molecule has 0 fully saturated rings. The van der Waals surface area contributed by atoms with E-state index in [9.17, 15) is 0 Å². The Balaban J connectivity index is 4.39. The monoisotopic (exact) mass is 450 g/mol. The van der Waals surface area contributed by atoms with Gasteiger partial charge in [0, 0.05) is 0 Å². The molecule has 0 radical (unpaired) electrons. The van der Waals surface area contributed by atoms with Crippen molar-refractivity contribution in [2.24, 2.45) is 5.41 Å². The molecule has 6 atom stereocenters. The maximum absolute atomic E-state index is 8.31. The molecule has 0 amide bonds. The number of nitrogens with zero attached hydrogens (tertiary/aromatic N) is 5. The van der Waals surface area contributed by atoms with E-state index >= 15 is 0 Å². The number of hydrogen-bond donors (Lipinski definition) is 0. The summed E-state index contributed by atoms with van der Waals surface area (Å²) in [6.45, 7) is 22.8. The van der Waals surface area contributed by atoms with E-state index in [0.29, 0.717) is 0 Å². The molecule has 0 aromatic carbocycles. The van der Waals surface area contributed by atoms with Gasteiger partial charge in [0.1, 0.15) is 0 Å². The van der Waals surface area contributed by atoms with Gasteiger partial charge in [-0.05, 0) is 0 Å². The molecule has 0 rings (SSSR count). The van der Waals surface area contributed by atoms with Gasteiger partial charge in [0.05, 0.1) is 0 Å². The first-order valence-electron chi connectivity index (χ1n) is 9.53. The number of nitrogens with one attached hydrogen (secondary N) is 1. The van der Waals surface area contributed by atoms with Crippen LogP contribution < -0.4 is 0 Å². The minimum absolute atomic E-state index is 0.0520. The van der Waals surface area contributed by atoms with Crippen LogP contribution in [-0.4, -0.2) is 45.4 Å². The molecule has 7 heteroatoms. The molecule has 0 aliphatic carbocycles. The van der Waals surface area contributed by atoms with E-state index in [1.54, 1.807) is 0 Å². The molecule has 0 aliphatic heterocycles. The van der Waals surface area contributed by atoms with Crippen molar-refractivity contribution < 1.29 is 22.7 Å². The molecule has 6 unspecified atom stereocenters. The number of hydrogen-bond acceptors (Lipinski definition) is 0. The standard InChI is InChI=1S/C19H40N6.Mo/c1-12(17(20)18(6,7)8)21-13(2)22-14(3)23-15(4)24-16(5)25-19(9,10)11;/h12-17,20H,1-11H3;/q-6;+2. The predicted octanol–water partition coefficient (Wildman–Crippen LogP) is 6.26. The molecule has 0 aromatic heterocycles. The molecule has 0 aromatic rings. The zero-order chi connectivity index (χ0) is 20.9. The van der Waals surface area contributed by atoms with Crippen molar-refractivity contribution in [2.45, 2.75) is 118 Å². The first kappa shape index (κ1) is 26.3. The van der Waals surface area contributed by atoms with Crippen LogP contribution in [0.4, 0.5) is 0 Å². The van der Waals surface area contributed by atoms with Crippen molar-refractivity contribution in [3.05, 3.63) is 27.0 Å². The van der Waals surface area contributed by atoms with Gasteiger partial charge in [-0.25, -0.2) is 0 Å². The Bertz CT molecular complexity index is 429. The van der Waals surface area contributed by atoms with Crippen molar-refractivity contribution in [1.82, 2.24) is 0 Å². The second-order valence-corrected chi connectivity index (χ2v) is 10.2. The van der Waals surface area contributed by atoms with E-state index in [1.165, 1.54) is 0 Å². The van der Waals surface area contributed by atoms with Gasteiger partial charge in [-0.1, -0.05) is 20.8 Å². The molecule has 6 nitrogen and oxygen atoms in total. The Morgan fingerprint density at radius 1 is 0.731 bits per heavy atom. The van der Waals surface area contributed by atoms with E-state index < -0.39 is 0 Å². The second-order valence-electron chi connectivity index (χ2n) is 9.20. The van der Waals surface area contributed by atoms with Crippen LogP contribution in [0.3, 0.4) is 0 Å². The third kappa shape index (κ3) is 10.0. The fourth-order valence-corrected chi connectivity index (χ4v) is 2.96. The Morgan fingerprint density at radius 2 is 1.12 bits per heavy atom. The first-order valence-corrected chi connectivity index (χ1v) is 10.4. The van der Waals surface area contributed by atoms with Crippen LogP contribution in [0.1, 0.15) is 76.2 Å². The van der Waals surface area contributed by atoms with Gasteiger partial charge in [0.15, 0.2) is 0 Å². The summed E-state index contributed by atoms with van der Waals surface area (Å²) in [5.74, 6) is 0. The van der Waals surface area contributed by atoms with Crippen molar-refractivity contribution in [1.29, 1.82) is 0 Å². The molecule has 0 heterocycles. The molecule has 0 bridgehead atoms. The quantitative estimate of drug-likeness (QED) is 0.353. The van der Waals surface area contributed by atoms with Crippen LogP contribution in [-0.2, 0) is 19.6 Å². The number of rotatable bonds is 10. The average Bonchev–Trinajstić information content (AvgIpc) is 2.42. The molecule has 0 saturated carbocycles. The summed E-state index contributed by atoms with van der Waals surface area (Å²) >= 11 is 2.01. The molecule has 26 heavy (non-hydrogen) atoms. The van der Waals surface area contributed by atoms with Crippen molar-refractivity contribution in [3.8, 4) is 0 Å². The molecular weight excluding hydrogens is 408 g/mol. The molecular formula is C19H40MoN6-4. The van der Waals surface area contributed by atoms with E-state index in [4.69, 9.17) is 11.1 Å². The summed E-state index contributed by atoms with van der Waals surface area (Å²) in [5, 5.41) is 18.7. The van der Waals surface area contributed by atoms with Crippen LogP contribution in [0.2, 0.25) is 0 Å². The van der Waals surface area contributed by atoms with Gasteiger partial charge in [-0.3, -0.25) is 0 Å². The van der Waals surface area contributed by atoms with E-state index in [1.807, 2.05) is 47.3 Å². The summed E-state index contributed by atoms with van der Waals surface area (Å²) < 4.78 is 2.25. The van der Waals surface area contributed by atoms with Crippen molar-refractivity contribution in [2.75, 3.05) is 0 Å². The van der Waals surface area contributed by atoms with Crippen LogP contribution in [0, 0.1) is 5.41 Å². The summed E-state index contributed by atoms with van der Waals surface area (Å²) in [6.07, 6.45) is -0.338. The molecule has 1 N–H and O–H groups in total. The van der Waals surface area contributed by atoms with Crippen LogP contribution in [0.25, 0.3) is 27.0 Å². The fraction of sp³-hybridized carbons (Fsp3) is 1.00. The van der Waals surface area contributed by atoms with E-state index in [-0.39, 0.29) is 47.7 Å². The van der Waals surface area contributed by atoms with Gasteiger partial charge >= 0.3 is 153 Å². The Hall–Kier alpha value is 0.288. The maximum atomic E-state index is 8.31. The topological polar surface area (TPSA) is 83.2 Å². The van der Waals surface area contributed by atoms with Gasteiger partial charge in [0.25, 0.3) is 0 Å². The molecule has 0 aliphatic rings. The minimum atomic E-state index is -0.240. The summed E-state index contributed by atoms with van der Waals surface area (Å²) in [6, 6.07) is -0.292. The third-order valence-corrected chi connectivity index (χ3v) is 6.26. The van der Waals surface area contributed by atoms with Crippen LogP contribution in [0.5, 0.6) is 0 Å². The summed E-state index contributed by atoms with van der Waals surface area (Å²) in [4.78, 5) is 0.